The van der Waals surface area contributed by atoms with Gasteiger partial charge in [0, 0.05) is 31.3 Å². The predicted molar refractivity (Wildman–Crippen MR) is 123 cm³/mol. The zero-order valence-electron chi connectivity index (χ0n) is 18.1. The maximum Gasteiger partial charge on any atom is 0.227 e. The van der Waals surface area contributed by atoms with E-state index in [9.17, 15) is 0 Å². The van der Waals surface area contributed by atoms with Crippen LogP contribution < -0.4 is 20.1 Å². The highest BCUT2D eigenvalue weighted by Gasteiger charge is 2.31. The van der Waals surface area contributed by atoms with E-state index in [1.54, 1.807) is 38.9 Å². The third-order valence-corrected chi connectivity index (χ3v) is 5.97. The van der Waals surface area contributed by atoms with E-state index in [4.69, 9.17) is 24.2 Å². The second-order valence-electron chi connectivity index (χ2n) is 7.47. The molecule has 3 aromatic rings. The van der Waals surface area contributed by atoms with Gasteiger partial charge in [-0.25, -0.2) is 15.0 Å². The molecule has 4 rings (SSSR count). The molecule has 0 radical (unpaired) electrons. The minimum Gasteiger partial charge on any atom is -0.497 e. The van der Waals surface area contributed by atoms with Gasteiger partial charge in [-0.05, 0) is 38.0 Å². The lowest BCUT2D eigenvalue weighted by molar-refractivity contribution is 0.190. The molecule has 9 heteroatoms. The molecule has 1 fully saturated rings. The number of nitrogens with one attached hydrogen (secondary N) is 2. The van der Waals surface area contributed by atoms with E-state index >= 15 is 0 Å². The van der Waals surface area contributed by atoms with Crippen LogP contribution in [-0.4, -0.2) is 48.9 Å². The van der Waals surface area contributed by atoms with E-state index in [1.165, 1.54) is 12.8 Å². The number of benzene rings is 1. The monoisotopic (exact) mass is 441 g/mol. The Labute approximate surface area is 186 Å². The molecule has 0 spiro atoms. The van der Waals surface area contributed by atoms with Crippen LogP contribution in [0.5, 0.6) is 11.5 Å². The number of aromatic nitrogens is 3. The highest BCUT2D eigenvalue weighted by Crippen LogP contribution is 2.47. The highest BCUT2D eigenvalue weighted by molar-refractivity contribution is 7.19. The molecule has 1 aromatic carbocycles. The lowest BCUT2D eigenvalue weighted by Crippen LogP contribution is -2.20. The van der Waals surface area contributed by atoms with Crippen molar-refractivity contribution in [2.45, 2.75) is 31.7 Å². The minimum atomic E-state index is 0.180. The maximum atomic E-state index is 5.45. The molecule has 0 aliphatic heterocycles. The molecule has 1 aliphatic carbocycles. The summed E-state index contributed by atoms with van der Waals surface area (Å²) < 4.78 is 16.0. The number of hydrogen-bond acceptors (Lipinski definition) is 9. The first-order valence-electron chi connectivity index (χ1n) is 10.2. The second-order valence-corrected chi connectivity index (χ2v) is 8.46. The van der Waals surface area contributed by atoms with Crippen LogP contribution in [-0.2, 0) is 4.74 Å². The summed E-state index contributed by atoms with van der Waals surface area (Å²) in [6, 6.07) is 7.66. The van der Waals surface area contributed by atoms with Crippen molar-refractivity contribution in [1.82, 2.24) is 15.0 Å². The molecule has 1 atom stereocenters. The Morgan fingerprint density at radius 2 is 1.97 bits per heavy atom. The van der Waals surface area contributed by atoms with Crippen LogP contribution in [0.1, 0.15) is 31.4 Å². The van der Waals surface area contributed by atoms with Crippen molar-refractivity contribution in [1.29, 1.82) is 0 Å². The molecular formula is C22H27N5O3S. The molecule has 1 unspecified atom stereocenters. The van der Waals surface area contributed by atoms with E-state index in [0.717, 1.165) is 32.8 Å². The molecule has 2 N–H and O–H groups in total. The SMILES string of the molecule is COCC(C)Nc1nc(C2CC2)c(-c2ccnc(Nc3cc(OC)ccc3OC)n2)s1. The molecule has 31 heavy (non-hydrogen) atoms. The molecular weight excluding hydrogens is 414 g/mol. The van der Waals surface area contributed by atoms with Gasteiger partial charge < -0.3 is 24.8 Å². The van der Waals surface area contributed by atoms with Crippen LogP contribution in [0.15, 0.2) is 30.5 Å². The highest BCUT2D eigenvalue weighted by atomic mass is 32.1. The summed E-state index contributed by atoms with van der Waals surface area (Å²) in [6.07, 6.45) is 4.09. The lowest BCUT2D eigenvalue weighted by Gasteiger charge is -2.12. The molecule has 0 bridgehead atoms. The smallest absolute Gasteiger partial charge is 0.227 e. The summed E-state index contributed by atoms with van der Waals surface area (Å²) in [7, 11) is 4.96. The first-order chi connectivity index (χ1) is 15.1. The van der Waals surface area contributed by atoms with Gasteiger partial charge in [0.25, 0.3) is 0 Å². The van der Waals surface area contributed by atoms with Crippen molar-refractivity contribution in [2.75, 3.05) is 38.6 Å². The van der Waals surface area contributed by atoms with E-state index < -0.39 is 0 Å². The van der Waals surface area contributed by atoms with Gasteiger partial charge in [-0.15, -0.1) is 0 Å². The summed E-state index contributed by atoms with van der Waals surface area (Å²) in [6.45, 7) is 2.70. The van der Waals surface area contributed by atoms with Crippen molar-refractivity contribution in [2.24, 2.45) is 0 Å². The quantitative estimate of drug-likeness (QED) is 0.468. The number of methoxy groups -OCH3 is 3. The van der Waals surface area contributed by atoms with Crippen LogP contribution in [0.25, 0.3) is 10.6 Å². The number of anilines is 3. The van der Waals surface area contributed by atoms with E-state index in [-0.39, 0.29) is 6.04 Å². The van der Waals surface area contributed by atoms with E-state index in [0.29, 0.717) is 24.2 Å². The molecule has 2 aromatic heterocycles. The fourth-order valence-corrected chi connectivity index (χ4v) is 4.42. The summed E-state index contributed by atoms with van der Waals surface area (Å²) in [4.78, 5) is 15.1. The third-order valence-electron chi connectivity index (χ3n) is 4.95. The van der Waals surface area contributed by atoms with Gasteiger partial charge >= 0.3 is 0 Å². The normalized spacial score (nSPS) is 14.2. The molecule has 1 aliphatic rings. The molecule has 0 saturated heterocycles. The van der Waals surface area contributed by atoms with Gasteiger partial charge in [0.2, 0.25) is 5.95 Å². The Balaban J connectivity index is 1.62. The van der Waals surface area contributed by atoms with Crippen LogP contribution in [0, 0.1) is 0 Å². The fraction of sp³-hybridized carbons (Fsp3) is 0.409. The zero-order chi connectivity index (χ0) is 21.8. The Morgan fingerprint density at radius 1 is 1.13 bits per heavy atom. The molecule has 0 amide bonds. The number of ether oxygens (including phenoxy) is 3. The summed E-state index contributed by atoms with van der Waals surface area (Å²) in [5, 5.41) is 7.58. The number of rotatable bonds is 10. The minimum absolute atomic E-state index is 0.180. The number of hydrogen-bond donors (Lipinski definition) is 2. The Hall–Kier alpha value is -2.91. The average Bonchev–Trinajstić information content (AvgIpc) is 3.54. The largest absolute Gasteiger partial charge is 0.497 e. The van der Waals surface area contributed by atoms with Crippen molar-refractivity contribution >= 4 is 28.1 Å². The Kier molecular flexibility index (Phi) is 6.53. The molecule has 2 heterocycles. The van der Waals surface area contributed by atoms with Gasteiger partial charge in [0.1, 0.15) is 11.5 Å². The average molecular weight is 442 g/mol. The van der Waals surface area contributed by atoms with Crippen molar-refractivity contribution in [3.05, 3.63) is 36.2 Å². The standard InChI is InChI=1S/C22H27N5O3S/c1-13(12-28-2)24-22-27-19(14-5-6-14)20(31-22)16-9-10-23-21(25-16)26-17-11-15(29-3)7-8-18(17)30-4/h7-11,13-14H,5-6,12H2,1-4H3,(H,24,27)(H,23,25,26). The number of thiazole rings is 1. The molecule has 164 valence electrons. The molecule has 1 saturated carbocycles. The summed E-state index contributed by atoms with van der Waals surface area (Å²) in [5.41, 5.74) is 2.70. The first kappa shape index (κ1) is 21.3. The zero-order valence-corrected chi connectivity index (χ0v) is 19.0. The van der Waals surface area contributed by atoms with Crippen LogP contribution in [0.3, 0.4) is 0 Å². The van der Waals surface area contributed by atoms with Crippen LogP contribution in [0.4, 0.5) is 16.8 Å². The maximum absolute atomic E-state index is 5.45. The van der Waals surface area contributed by atoms with Gasteiger partial charge in [-0.1, -0.05) is 11.3 Å². The van der Waals surface area contributed by atoms with Crippen molar-refractivity contribution in [3.8, 4) is 22.1 Å². The van der Waals surface area contributed by atoms with E-state index in [1.807, 2.05) is 24.3 Å². The van der Waals surface area contributed by atoms with Gasteiger partial charge in [-0.3, -0.25) is 0 Å². The van der Waals surface area contributed by atoms with Crippen molar-refractivity contribution in [3.63, 3.8) is 0 Å². The van der Waals surface area contributed by atoms with Gasteiger partial charge in [-0.2, -0.15) is 0 Å². The number of nitrogens with zero attached hydrogens (tertiary/aromatic N) is 3. The Bertz CT molecular complexity index is 1040. The fourth-order valence-electron chi connectivity index (χ4n) is 3.29. The topological polar surface area (TPSA) is 90.4 Å². The molecule has 8 nitrogen and oxygen atoms in total. The first-order valence-corrected chi connectivity index (χ1v) is 11.0. The third kappa shape index (κ3) is 5.05. The van der Waals surface area contributed by atoms with Crippen molar-refractivity contribution < 1.29 is 14.2 Å². The second kappa shape index (κ2) is 9.49. The van der Waals surface area contributed by atoms with Gasteiger partial charge in [0.15, 0.2) is 5.13 Å². The van der Waals surface area contributed by atoms with Crippen LogP contribution in [0.2, 0.25) is 0 Å². The van der Waals surface area contributed by atoms with E-state index in [2.05, 4.69) is 22.5 Å². The summed E-state index contributed by atoms with van der Waals surface area (Å²) in [5.74, 6) is 2.40. The van der Waals surface area contributed by atoms with Crippen LogP contribution >= 0.6 is 11.3 Å². The predicted octanol–water partition coefficient (Wildman–Crippen LogP) is 4.69. The Morgan fingerprint density at radius 3 is 2.68 bits per heavy atom. The summed E-state index contributed by atoms with van der Waals surface area (Å²) >= 11 is 1.62. The van der Waals surface area contributed by atoms with Gasteiger partial charge in [0.05, 0.1) is 42.8 Å². The lowest BCUT2D eigenvalue weighted by atomic mass is 10.2.